The first kappa shape index (κ1) is 17.8. The van der Waals surface area contributed by atoms with Gasteiger partial charge in [0.25, 0.3) is 0 Å². The van der Waals surface area contributed by atoms with Crippen molar-refractivity contribution in [3.63, 3.8) is 0 Å². The van der Waals surface area contributed by atoms with Gasteiger partial charge in [-0.1, -0.05) is 18.2 Å². The molecule has 0 spiro atoms. The lowest BCUT2D eigenvalue weighted by Crippen LogP contribution is -2.26. The van der Waals surface area contributed by atoms with Crippen molar-refractivity contribution in [3.8, 4) is 5.75 Å². The molecule has 4 heteroatoms. The van der Waals surface area contributed by atoms with Gasteiger partial charge < -0.3 is 14.6 Å². The number of carbonyl (C=O) groups is 1. The third-order valence-corrected chi connectivity index (χ3v) is 5.73. The van der Waals surface area contributed by atoms with Crippen LogP contribution >= 0.6 is 0 Å². The molecule has 1 fully saturated rings. The SMILES string of the molecule is COc1ccccc1C(=O)Cc1ccc2[nH]cc(CC3CCCN3C)c2c1. The molecule has 3 aromatic rings. The number of benzene rings is 2. The molecule has 1 aliphatic heterocycles. The van der Waals surface area contributed by atoms with Crippen molar-refractivity contribution in [1.29, 1.82) is 0 Å². The van der Waals surface area contributed by atoms with Gasteiger partial charge in [0, 0.05) is 29.6 Å². The summed E-state index contributed by atoms with van der Waals surface area (Å²) in [6, 6.07) is 14.3. The number of aromatic nitrogens is 1. The molecule has 2 heterocycles. The van der Waals surface area contributed by atoms with Crippen LogP contribution in [0.15, 0.2) is 48.7 Å². The van der Waals surface area contributed by atoms with E-state index in [-0.39, 0.29) is 5.78 Å². The van der Waals surface area contributed by atoms with Crippen LogP contribution in [0.1, 0.15) is 34.3 Å². The maximum atomic E-state index is 12.8. The number of nitrogens with zero attached hydrogens (tertiary/aromatic N) is 1. The zero-order chi connectivity index (χ0) is 18.8. The molecule has 0 aliphatic carbocycles. The van der Waals surface area contributed by atoms with Crippen LogP contribution in [0, 0.1) is 0 Å². The molecule has 2 aromatic carbocycles. The van der Waals surface area contributed by atoms with E-state index in [9.17, 15) is 4.79 Å². The number of ether oxygens (including phenoxy) is 1. The topological polar surface area (TPSA) is 45.3 Å². The summed E-state index contributed by atoms with van der Waals surface area (Å²) in [7, 11) is 3.81. The molecule has 27 heavy (non-hydrogen) atoms. The van der Waals surface area contributed by atoms with Gasteiger partial charge in [-0.25, -0.2) is 0 Å². The minimum absolute atomic E-state index is 0.0828. The van der Waals surface area contributed by atoms with E-state index in [2.05, 4.69) is 35.3 Å². The van der Waals surface area contributed by atoms with E-state index in [1.165, 1.54) is 30.3 Å². The van der Waals surface area contributed by atoms with Gasteiger partial charge in [-0.15, -0.1) is 0 Å². The van der Waals surface area contributed by atoms with Crippen molar-refractivity contribution >= 4 is 16.7 Å². The summed E-state index contributed by atoms with van der Waals surface area (Å²) in [6.07, 6.45) is 6.10. The molecule has 0 bridgehead atoms. The third-order valence-electron chi connectivity index (χ3n) is 5.73. The van der Waals surface area contributed by atoms with Crippen LogP contribution in [0.4, 0.5) is 0 Å². The fourth-order valence-corrected chi connectivity index (χ4v) is 4.15. The number of ketones is 1. The van der Waals surface area contributed by atoms with Gasteiger partial charge >= 0.3 is 0 Å². The number of hydrogen-bond acceptors (Lipinski definition) is 3. The van der Waals surface area contributed by atoms with E-state index in [1.54, 1.807) is 7.11 Å². The lowest BCUT2D eigenvalue weighted by molar-refractivity contribution is 0.0990. The second kappa shape index (κ2) is 7.57. The van der Waals surface area contributed by atoms with Crippen molar-refractivity contribution in [3.05, 3.63) is 65.4 Å². The van der Waals surface area contributed by atoms with Crippen LogP contribution in [0.25, 0.3) is 10.9 Å². The van der Waals surface area contributed by atoms with Gasteiger partial charge in [0.1, 0.15) is 5.75 Å². The summed E-state index contributed by atoms with van der Waals surface area (Å²) >= 11 is 0. The average molecular weight is 362 g/mol. The third kappa shape index (κ3) is 3.62. The smallest absolute Gasteiger partial charge is 0.170 e. The summed E-state index contributed by atoms with van der Waals surface area (Å²) in [6.45, 7) is 1.19. The maximum absolute atomic E-state index is 12.8. The summed E-state index contributed by atoms with van der Waals surface area (Å²) in [4.78, 5) is 18.6. The molecule has 1 unspecified atom stereocenters. The number of likely N-dealkylation sites (tertiary alicyclic amines) is 1. The number of aromatic amines is 1. The summed E-state index contributed by atoms with van der Waals surface area (Å²) < 4.78 is 5.34. The van der Waals surface area contributed by atoms with E-state index >= 15 is 0 Å². The predicted octanol–water partition coefficient (Wildman–Crippen LogP) is 4.24. The van der Waals surface area contributed by atoms with Crippen LogP contribution in [0.3, 0.4) is 0 Å². The van der Waals surface area contributed by atoms with Crippen molar-refractivity contribution < 1.29 is 9.53 Å². The largest absolute Gasteiger partial charge is 0.496 e. The van der Waals surface area contributed by atoms with Crippen LogP contribution in [-0.2, 0) is 12.8 Å². The van der Waals surface area contributed by atoms with Crippen LogP contribution in [0.2, 0.25) is 0 Å². The Labute approximate surface area is 160 Å². The van der Waals surface area contributed by atoms with Gasteiger partial charge in [-0.3, -0.25) is 4.79 Å². The number of carbonyl (C=O) groups excluding carboxylic acids is 1. The summed E-state index contributed by atoms with van der Waals surface area (Å²) in [5.41, 5.74) is 4.16. The monoisotopic (exact) mass is 362 g/mol. The Morgan fingerprint density at radius 1 is 1.26 bits per heavy atom. The number of likely N-dealkylation sites (N-methyl/N-ethyl adjacent to an activating group) is 1. The maximum Gasteiger partial charge on any atom is 0.170 e. The number of Topliss-reactive ketones (excluding diaryl/α,β-unsaturated/α-hetero) is 1. The lowest BCUT2D eigenvalue weighted by Gasteiger charge is -2.18. The Balaban J connectivity index is 1.57. The quantitative estimate of drug-likeness (QED) is 0.667. The van der Waals surface area contributed by atoms with Gasteiger partial charge in [0.2, 0.25) is 0 Å². The first-order valence-corrected chi connectivity index (χ1v) is 9.61. The first-order valence-electron chi connectivity index (χ1n) is 9.61. The number of hydrogen-bond donors (Lipinski definition) is 1. The van der Waals surface area contributed by atoms with Crippen molar-refractivity contribution in [1.82, 2.24) is 9.88 Å². The highest BCUT2D eigenvalue weighted by Gasteiger charge is 2.22. The molecule has 0 radical (unpaired) electrons. The molecule has 1 N–H and O–H groups in total. The number of fused-ring (bicyclic) bond motifs is 1. The number of para-hydroxylation sites is 1. The molecule has 140 valence electrons. The van der Waals surface area contributed by atoms with E-state index < -0.39 is 0 Å². The second-order valence-corrected chi connectivity index (χ2v) is 7.47. The standard InChI is InChI=1S/C23H26N2O2/c1-25-11-5-6-18(25)14-17-15-24-21-10-9-16(12-20(17)21)13-22(26)19-7-3-4-8-23(19)27-2/h3-4,7-10,12,15,18,24H,5-6,11,13-14H2,1-2H3. The minimum atomic E-state index is 0.0828. The summed E-state index contributed by atoms with van der Waals surface area (Å²) in [5, 5.41) is 1.24. The Hall–Kier alpha value is -2.59. The fourth-order valence-electron chi connectivity index (χ4n) is 4.15. The van der Waals surface area contributed by atoms with Gasteiger partial charge in [0.05, 0.1) is 12.7 Å². The van der Waals surface area contributed by atoms with Crippen LogP contribution < -0.4 is 4.74 Å². The molecular formula is C23H26N2O2. The zero-order valence-electron chi connectivity index (χ0n) is 16.0. The number of H-pyrrole nitrogens is 1. The normalized spacial score (nSPS) is 17.5. The van der Waals surface area contributed by atoms with Gasteiger partial charge in [-0.05, 0) is 68.2 Å². The molecule has 1 saturated heterocycles. The highest BCUT2D eigenvalue weighted by Crippen LogP contribution is 2.26. The lowest BCUT2D eigenvalue weighted by atomic mass is 9.98. The number of nitrogens with one attached hydrogen (secondary N) is 1. The molecule has 1 aromatic heterocycles. The van der Waals surface area contributed by atoms with E-state index in [1.807, 2.05) is 30.3 Å². The second-order valence-electron chi connectivity index (χ2n) is 7.47. The van der Waals surface area contributed by atoms with Crippen LogP contribution in [-0.4, -0.2) is 42.4 Å². The van der Waals surface area contributed by atoms with Crippen LogP contribution in [0.5, 0.6) is 5.75 Å². The van der Waals surface area contributed by atoms with Crippen molar-refractivity contribution in [2.75, 3.05) is 20.7 Å². The Kier molecular flexibility index (Phi) is 4.99. The van der Waals surface area contributed by atoms with Gasteiger partial charge in [0.15, 0.2) is 5.78 Å². The molecular weight excluding hydrogens is 336 g/mol. The van der Waals surface area contributed by atoms with Crippen molar-refractivity contribution in [2.24, 2.45) is 0 Å². The Morgan fingerprint density at radius 2 is 2.11 bits per heavy atom. The van der Waals surface area contributed by atoms with Crippen molar-refractivity contribution in [2.45, 2.75) is 31.7 Å². The number of rotatable bonds is 6. The molecule has 1 aliphatic rings. The van der Waals surface area contributed by atoms with Gasteiger partial charge in [-0.2, -0.15) is 0 Å². The highest BCUT2D eigenvalue weighted by molar-refractivity contribution is 6.00. The highest BCUT2D eigenvalue weighted by atomic mass is 16.5. The fraction of sp³-hybridized carbons (Fsp3) is 0.348. The molecule has 1 atom stereocenters. The average Bonchev–Trinajstić information content (AvgIpc) is 3.28. The molecule has 0 amide bonds. The molecule has 4 nitrogen and oxygen atoms in total. The van der Waals surface area contributed by atoms with E-state index in [0.717, 1.165) is 17.5 Å². The van der Waals surface area contributed by atoms with E-state index in [4.69, 9.17) is 4.74 Å². The van der Waals surface area contributed by atoms with E-state index in [0.29, 0.717) is 23.8 Å². The first-order chi connectivity index (χ1) is 13.2. The Morgan fingerprint density at radius 3 is 2.89 bits per heavy atom. The summed E-state index contributed by atoms with van der Waals surface area (Å²) in [5.74, 6) is 0.717. The Bertz CT molecular complexity index is 960. The molecule has 4 rings (SSSR count). The minimum Gasteiger partial charge on any atom is -0.496 e. The predicted molar refractivity (Wildman–Crippen MR) is 109 cm³/mol. The molecule has 0 saturated carbocycles. The number of methoxy groups -OCH3 is 1. The zero-order valence-corrected chi connectivity index (χ0v) is 16.0.